The molecule has 0 radical (unpaired) electrons. The predicted octanol–water partition coefficient (Wildman–Crippen LogP) is 1.55. The minimum Gasteiger partial charge on any atom is -0.495 e. The number of primary sulfonamides is 1. The van der Waals surface area contributed by atoms with Gasteiger partial charge in [-0.2, -0.15) is 0 Å². The van der Waals surface area contributed by atoms with Gasteiger partial charge in [0.25, 0.3) is 0 Å². The molecule has 0 atom stereocenters. The summed E-state index contributed by atoms with van der Waals surface area (Å²) in [6.07, 6.45) is 3.16. The molecule has 2 rings (SSSR count). The van der Waals surface area contributed by atoms with Crippen molar-refractivity contribution < 1.29 is 17.6 Å². The van der Waals surface area contributed by atoms with Crippen LogP contribution in [0.25, 0.3) is 0 Å². The summed E-state index contributed by atoms with van der Waals surface area (Å²) >= 11 is 0. The van der Waals surface area contributed by atoms with E-state index < -0.39 is 10.0 Å². The average molecular weight is 282 g/mol. The van der Waals surface area contributed by atoms with E-state index in [1.54, 1.807) is 18.6 Å². The fraction of sp³-hybridized carbons (Fsp3) is 0.167. The highest BCUT2D eigenvalue weighted by Gasteiger charge is 2.12. The van der Waals surface area contributed by atoms with Crippen LogP contribution in [0.15, 0.2) is 46.1 Å². The highest BCUT2D eigenvalue weighted by Crippen LogP contribution is 2.27. The van der Waals surface area contributed by atoms with Crippen molar-refractivity contribution in [3.63, 3.8) is 0 Å². The van der Waals surface area contributed by atoms with Crippen LogP contribution in [0.4, 0.5) is 5.69 Å². The molecule has 0 aliphatic rings. The zero-order valence-corrected chi connectivity index (χ0v) is 11.1. The number of benzene rings is 1. The number of nitrogens with two attached hydrogens (primary N) is 1. The van der Waals surface area contributed by atoms with E-state index in [1.807, 2.05) is 6.07 Å². The van der Waals surface area contributed by atoms with E-state index in [9.17, 15) is 8.42 Å². The summed E-state index contributed by atoms with van der Waals surface area (Å²) < 4.78 is 32.7. The van der Waals surface area contributed by atoms with Crippen molar-refractivity contribution >= 4 is 15.7 Å². The molecule has 0 spiro atoms. The van der Waals surface area contributed by atoms with E-state index in [0.29, 0.717) is 18.0 Å². The number of nitrogens with one attached hydrogen (secondary N) is 1. The summed E-state index contributed by atoms with van der Waals surface area (Å²) in [6, 6.07) is 6.20. The average Bonchev–Trinajstić information content (AvgIpc) is 2.88. The molecule has 0 amide bonds. The van der Waals surface area contributed by atoms with Crippen LogP contribution in [0.1, 0.15) is 5.56 Å². The Kier molecular flexibility index (Phi) is 3.77. The van der Waals surface area contributed by atoms with Gasteiger partial charge in [-0.1, -0.05) is 0 Å². The highest BCUT2D eigenvalue weighted by molar-refractivity contribution is 7.89. The first-order chi connectivity index (χ1) is 9.00. The number of hydrogen-bond acceptors (Lipinski definition) is 5. The molecule has 0 unspecified atom stereocenters. The topological polar surface area (TPSA) is 94.6 Å². The largest absolute Gasteiger partial charge is 0.495 e. The van der Waals surface area contributed by atoms with Crippen LogP contribution in [0.5, 0.6) is 5.75 Å². The monoisotopic (exact) mass is 282 g/mol. The van der Waals surface area contributed by atoms with Gasteiger partial charge in [-0.05, 0) is 24.3 Å². The number of rotatable bonds is 5. The number of furan rings is 1. The molecule has 1 aromatic carbocycles. The first-order valence-corrected chi connectivity index (χ1v) is 7.01. The van der Waals surface area contributed by atoms with Crippen molar-refractivity contribution in [1.29, 1.82) is 0 Å². The van der Waals surface area contributed by atoms with E-state index in [-0.39, 0.29) is 4.90 Å². The second kappa shape index (κ2) is 5.33. The normalized spacial score (nSPS) is 11.3. The number of methoxy groups -OCH3 is 1. The van der Waals surface area contributed by atoms with Crippen molar-refractivity contribution in [2.75, 3.05) is 12.4 Å². The summed E-state index contributed by atoms with van der Waals surface area (Å²) in [7, 11) is -2.23. The fourth-order valence-corrected chi connectivity index (χ4v) is 2.13. The summed E-state index contributed by atoms with van der Waals surface area (Å²) in [5, 5.41) is 8.17. The van der Waals surface area contributed by atoms with Crippen LogP contribution < -0.4 is 15.2 Å². The van der Waals surface area contributed by atoms with E-state index >= 15 is 0 Å². The van der Waals surface area contributed by atoms with E-state index in [1.165, 1.54) is 19.2 Å². The standard InChI is InChI=1S/C12H14N2O4S/c1-17-12-3-2-10(19(13,15)16)6-11(12)14-7-9-4-5-18-8-9/h2-6,8,14H,7H2,1H3,(H2,13,15,16). The van der Waals surface area contributed by atoms with Gasteiger partial charge in [-0.3, -0.25) is 0 Å². The summed E-state index contributed by atoms with van der Waals surface area (Å²) in [4.78, 5) is 0.0305. The summed E-state index contributed by atoms with van der Waals surface area (Å²) in [6.45, 7) is 0.487. The molecule has 1 aromatic heterocycles. The van der Waals surface area contributed by atoms with Crippen LogP contribution >= 0.6 is 0 Å². The van der Waals surface area contributed by atoms with Crippen LogP contribution in [0.2, 0.25) is 0 Å². The predicted molar refractivity (Wildman–Crippen MR) is 70.4 cm³/mol. The molecule has 0 fully saturated rings. The van der Waals surface area contributed by atoms with E-state index in [4.69, 9.17) is 14.3 Å². The Labute approximate surface area is 111 Å². The van der Waals surface area contributed by atoms with Crippen LogP contribution in [-0.4, -0.2) is 15.5 Å². The van der Waals surface area contributed by atoms with E-state index in [0.717, 1.165) is 5.56 Å². The Morgan fingerprint density at radius 2 is 2.16 bits per heavy atom. The van der Waals surface area contributed by atoms with Crippen molar-refractivity contribution in [1.82, 2.24) is 0 Å². The third kappa shape index (κ3) is 3.27. The molecular formula is C12H14N2O4S. The molecule has 0 bridgehead atoms. The van der Waals surface area contributed by atoms with Crippen LogP contribution in [-0.2, 0) is 16.6 Å². The molecule has 0 saturated carbocycles. The van der Waals surface area contributed by atoms with Gasteiger partial charge in [0.15, 0.2) is 0 Å². The maximum atomic E-state index is 11.3. The van der Waals surface area contributed by atoms with Gasteiger partial charge in [-0.15, -0.1) is 0 Å². The van der Waals surface area contributed by atoms with Crippen LogP contribution in [0, 0.1) is 0 Å². The zero-order chi connectivity index (χ0) is 13.9. The quantitative estimate of drug-likeness (QED) is 0.867. The molecule has 0 aliphatic heterocycles. The third-order valence-corrected chi connectivity index (χ3v) is 3.47. The molecule has 1 heterocycles. The maximum absolute atomic E-state index is 11.3. The minimum atomic E-state index is -3.74. The fourth-order valence-electron chi connectivity index (χ4n) is 1.59. The number of ether oxygens (including phenoxy) is 1. The van der Waals surface area contributed by atoms with Crippen molar-refractivity contribution in [2.45, 2.75) is 11.4 Å². The van der Waals surface area contributed by atoms with Gasteiger partial charge in [0.2, 0.25) is 10.0 Å². The van der Waals surface area contributed by atoms with Gasteiger partial charge in [0, 0.05) is 12.1 Å². The van der Waals surface area contributed by atoms with Crippen molar-refractivity contribution in [3.8, 4) is 5.75 Å². The first-order valence-electron chi connectivity index (χ1n) is 5.46. The SMILES string of the molecule is COc1ccc(S(N)(=O)=O)cc1NCc1ccoc1. The molecule has 3 N–H and O–H groups in total. The van der Waals surface area contributed by atoms with Gasteiger partial charge in [0.1, 0.15) is 5.75 Å². The third-order valence-electron chi connectivity index (χ3n) is 2.56. The molecule has 19 heavy (non-hydrogen) atoms. The molecule has 7 heteroatoms. The van der Waals surface area contributed by atoms with Crippen molar-refractivity contribution in [2.24, 2.45) is 5.14 Å². The molecule has 0 aliphatic carbocycles. The van der Waals surface area contributed by atoms with Crippen LogP contribution in [0.3, 0.4) is 0 Å². The van der Waals surface area contributed by atoms with E-state index in [2.05, 4.69) is 5.32 Å². The lowest BCUT2D eigenvalue weighted by Gasteiger charge is -2.11. The first kappa shape index (κ1) is 13.4. The molecule has 102 valence electrons. The number of anilines is 1. The molecule has 6 nitrogen and oxygen atoms in total. The smallest absolute Gasteiger partial charge is 0.238 e. The number of sulfonamides is 1. The minimum absolute atomic E-state index is 0.0305. The zero-order valence-electron chi connectivity index (χ0n) is 10.3. The van der Waals surface area contributed by atoms with Gasteiger partial charge in [-0.25, -0.2) is 13.6 Å². The Balaban J connectivity index is 2.26. The molecular weight excluding hydrogens is 268 g/mol. The van der Waals surface area contributed by atoms with Crippen molar-refractivity contribution in [3.05, 3.63) is 42.4 Å². The lowest BCUT2D eigenvalue weighted by molar-refractivity contribution is 0.416. The highest BCUT2D eigenvalue weighted by atomic mass is 32.2. The summed E-state index contributed by atoms with van der Waals surface area (Å²) in [5.74, 6) is 0.538. The summed E-state index contributed by atoms with van der Waals surface area (Å²) in [5.41, 5.74) is 1.48. The number of hydrogen-bond donors (Lipinski definition) is 2. The van der Waals surface area contributed by atoms with Gasteiger partial charge in [0.05, 0.1) is 30.2 Å². The Morgan fingerprint density at radius 1 is 1.37 bits per heavy atom. The Morgan fingerprint density at radius 3 is 2.74 bits per heavy atom. The Hall–Kier alpha value is -1.99. The molecule has 2 aromatic rings. The molecule has 0 saturated heterocycles. The maximum Gasteiger partial charge on any atom is 0.238 e. The Bertz CT molecular complexity index is 650. The van der Waals surface area contributed by atoms with Gasteiger partial charge < -0.3 is 14.5 Å². The lowest BCUT2D eigenvalue weighted by atomic mass is 10.2. The lowest BCUT2D eigenvalue weighted by Crippen LogP contribution is -2.12. The second-order valence-electron chi connectivity index (χ2n) is 3.89. The second-order valence-corrected chi connectivity index (χ2v) is 5.45. The van der Waals surface area contributed by atoms with Gasteiger partial charge >= 0.3 is 0 Å².